The molecule has 6 heteroatoms. The molecule has 2 unspecified atom stereocenters. The van der Waals surface area contributed by atoms with E-state index in [-0.39, 0.29) is 24.7 Å². The van der Waals surface area contributed by atoms with E-state index < -0.39 is 17.8 Å². The van der Waals surface area contributed by atoms with Crippen molar-refractivity contribution in [3.05, 3.63) is 35.3 Å². The minimum absolute atomic E-state index is 0.126. The monoisotopic (exact) mass is 315 g/mol. The highest BCUT2D eigenvalue weighted by molar-refractivity contribution is 6.29. The Morgan fingerprint density at radius 3 is 2.78 bits per heavy atom. The summed E-state index contributed by atoms with van der Waals surface area (Å²) >= 11 is 0. The molecule has 0 N–H and O–H groups in total. The van der Waals surface area contributed by atoms with Crippen LogP contribution in [0.5, 0.6) is 0 Å². The molecule has 120 valence electrons. The molecule has 1 aromatic rings. The van der Waals surface area contributed by atoms with Crippen molar-refractivity contribution < 1.29 is 23.5 Å². The van der Waals surface area contributed by atoms with Gasteiger partial charge in [-0.25, -0.2) is 4.99 Å². The van der Waals surface area contributed by atoms with Crippen LogP contribution in [0, 0.1) is 12.8 Å². The molecule has 0 spiro atoms. The van der Waals surface area contributed by atoms with Gasteiger partial charge in [-0.2, -0.15) is 0 Å². The van der Waals surface area contributed by atoms with E-state index in [1.54, 1.807) is 6.92 Å². The third-order valence-corrected chi connectivity index (χ3v) is 4.03. The van der Waals surface area contributed by atoms with Crippen LogP contribution in [0.1, 0.15) is 37.2 Å². The van der Waals surface area contributed by atoms with Gasteiger partial charge in [0.25, 0.3) is 5.91 Å². The molecular weight excluding hydrogens is 298 g/mol. The number of dihydropyridines is 1. The first-order valence-corrected chi connectivity index (χ1v) is 7.59. The van der Waals surface area contributed by atoms with E-state index in [2.05, 4.69) is 4.99 Å². The number of carbonyl (C=O) groups excluding carboxylic acids is 3. The fourth-order valence-electron chi connectivity index (χ4n) is 2.92. The van der Waals surface area contributed by atoms with Gasteiger partial charge < -0.3 is 9.15 Å². The van der Waals surface area contributed by atoms with Gasteiger partial charge in [0.15, 0.2) is 11.7 Å². The van der Waals surface area contributed by atoms with Crippen molar-refractivity contribution in [1.29, 1.82) is 0 Å². The van der Waals surface area contributed by atoms with Gasteiger partial charge >= 0.3 is 5.97 Å². The summed E-state index contributed by atoms with van der Waals surface area (Å²) in [6, 6.07) is 3.68. The highest BCUT2D eigenvalue weighted by atomic mass is 16.5. The fraction of sp³-hybridized carbons (Fsp3) is 0.412. The molecule has 23 heavy (non-hydrogen) atoms. The zero-order valence-electron chi connectivity index (χ0n) is 13.0. The number of aliphatic imine (C=N–C) groups is 1. The number of hydrogen-bond acceptors (Lipinski definition) is 5. The van der Waals surface area contributed by atoms with Gasteiger partial charge in [-0.3, -0.25) is 14.4 Å². The predicted octanol–water partition coefficient (Wildman–Crippen LogP) is 2.12. The molecule has 1 aliphatic carbocycles. The molecule has 1 fully saturated rings. The molecule has 3 rings (SSSR count). The maximum Gasteiger partial charge on any atom is 0.322 e. The van der Waals surface area contributed by atoms with Gasteiger partial charge in [-0.1, -0.05) is 0 Å². The normalized spacial score (nSPS) is 23.9. The number of nitrogens with zero attached hydrogens (tertiary/aromatic N) is 1. The van der Waals surface area contributed by atoms with Crippen LogP contribution in [0.4, 0.5) is 0 Å². The van der Waals surface area contributed by atoms with Crippen LogP contribution in [0.2, 0.25) is 0 Å². The number of allylic oxidation sites excluding steroid dienone is 1. The van der Waals surface area contributed by atoms with Crippen LogP contribution >= 0.6 is 0 Å². The largest absolute Gasteiger partial charge is 0.466 e. The number of rotatable bonds is 3. The molecule has 1 amide bonds. The van der Waals surface area contributed by atoms with Gasteiger partial charge in [-0.15, -0.1) is 0 Å². The van der Waals surface area contributed by atoms with Crippen molar-refractivity contribution in [3.63, 3.8) is 0 Å². The Kier molecular flexibility index (Phi) is 3.98. The zero-order valence-corrected chi connectivity index (χ0v) is 13.0. The third-order valence-electron chi connectivity index (χ3n) is 4.03. The third kappa shape index (κ3) is 2.88. The second kappa shape index (κ2) is 5.95. The van der Waals surface area contributed by atoms with Crippen LogP contribution < -0.4 is 0 Å². The summed E-state index contributed by atoms with van der Waals surface area (Å²) in [5.74, 6) is -1.11. The number of esters is 1. The Labute approximate surface area is 133 Å². The van der Waals surface area contributed by atoms with E-state index >= 15 is 0 Å². The van der Waals surface area contributed by atoms with Crippen LogP contribution in [-0.4, -0.2) is 30.0 Å². The Bertz CT molecular complexity index is 740. The molecule has 0 bridgehead atoms. The average Bonchev–Trinajstić information content (AvgIpc) is 2.93. The summed E-state index contributed by atoms with van der Waals surface area (Å²) in [4.78, 5) is 40.2. The maximum absolute atomic E-state index is 12.4. The summed E-state index contributed by atoms with van der Waals surface area (Å²) in [6.07, 6.45) is 2.13. The van der Waals surface area contributed by atoms with Gasteiger partial charge in [0, 0.05) is 24.3 Å². The number of furan rings is 1. The molecule has 0 saturated heterocycles. The molecule has 2 aliphatic rings. The maximum atomic E-state index is 12.4. The molecule has 1 aromatic heterocycles. The van der Waals surface area contributed by atoms with Gasteiger partial charge in [0.1, 0.15) is 11.5 Å². The van der Waals surface area contributed by atoms with E-state index in [1.807, 2.05) is 19.1 Å². The summed E-state index contributed by atoms with van der Waals surface area (Å²) in [5, 5.41) is 0. The topological polar surface area (TPSA) is 85.9 Å². The van der Waals surface area contributed by atoms with Crippen LogP contribution in [0.15, 0.2) is 33.2 Å². The second-order valence-corrected chi connectivity index (χ2v) is 5.68. The first-order valence-electron chi connectivity index (χ1n) is 7.59. The number of ether oxygens (including phenoxy) is 1. The molecule has 2 atom stereocenters. The summed E-state index contributed by atoms with van der Waals surface area (Å²) < 4.78 is 10.4. The minimum Gasteiger partial charge on any atom is -0.466 e. The van der Waals surface area contributed by atoms with E-state index in [9.17, 15) is 14.4 Å². The van der Waals surface area contributed by atoms with Crippen molar-refractivity contribution in [1.82, 2.24) is 0 Å². The minimum atomic E-state index is -1.11. The number of aryl methyl sites for hydroxylation is 1. The lowest BCUT2D eigenvalue weighted by Gasteiger charge is -2.26. The fourth-order valence-corrected chi connectivity index (χ4v) is 2.92. The number of ketones is 1. The van der Waals surface area contributed by atoms with Crippen LogP contribution in [-0.2, 0) is 19.1 Å². The number of fused-ring (bicyclic) bond motifs is 1. The van der Waals surface area contributed by atoms with Crippen molar-refractivity contribution in [2.75, 3.05) is 6.61 Å². The Morgan fingerprint density at radius 2 is 2.13 bits per heavy atom. The first kappa shape index (κ1) is 15.4. The summed E-state index contributed by atoms with van der Waals surface area (Å²) in [7, 11) is 0. The Morgan fingerprint density at radius 1 is 1.35 bits per heavy atom. The lowest BCUT2D eigenvalue weighted by Crippen LogP contribution is -2.34. The smallest absolute Gasteiger partial charge is 0.322 e. The van der Waals surface area contributed by atoms with Gasteiger partial charge in [-0.05, 0) is 32.1 Å². The predicted molar refractivity (Wildman–Crippen MR) is 81.1 cm³/mol. The lowest BCUT2D eigenvalue weighted by molar-refractivity contribution is -0.149. The number of amides is 1. The van der Waals surface area contributed by atoms with Gasteiger partial charge in [0.2, 0.25) is 0 Å². The Balaban J connectivity index is 1.86. The first-order chi connectivity index (χ1) is 11.0. The van der Waals surface area contributed by atoms with E-state index in [4.69, 9.17) is 9.15 Å². The highest BCUT2D eigenvalue weighted by Gasteiger charge is 2.38. The SMILES string of the molecule is CCOC(=O)C1C=C2C(=O)CC(c3ccc(C)o3)CC2=NC1=O. The van der Waals surface area contributed by atoms with Crippen molar-refractivity contribution in [3.8, 4) is 0 Å². The second-order valence-electron chi connectivity index (χ2n) is 5.68. The average molecular weight is 315 g/mol. The van der Waals surface area contributed by atoms with Crippen LogP contribution in [0.25, 0.3) is 0 Å². The van der Waals surface area contributed by atoms with E-state index in [1.165, 1.54) is 6.08 Å². The van der Waals surface area contributed by atoms with Gasteiger partial charge in [0.05, 0.1) is 12.3 Å². The lowest BCUT2D eigenvalue weighted by atomic mass is 9.79. The molecule has 2 heterocycles. The zero-order chi connectivity index (χ0) is 16.6. The Hall–Kier alpha value is -2.50. The highest BCUT2D eigenvalue weighted by Crippen LogP contribution is 2.35. The molecule has 1 saturated carbocycles. The molecule has 0 aromatic carbocycles. The molecule has 1 aliphatic heterocycles. The summed E-state index contributed by atoms with van der Waals surface area (Å²) in [5.41, 5.74) is 0.799. The van der Waals surface area contributed by atoms with Crippen LogP contribution in [0.3, 0.4) is 0 Å². The van der Waals surface area contributed by atoms with Crippen molar-refractivity contribution in [2.45, 2.75) is 32.6 Å². The molecular formula is C17H17NO5. The quantitative estimate of drug-likeness (QED) is 0.630. The van der Waals surface area contributed by atoms with Crippen molar-refractivity contribution >= 4 is 23.4 Å². The van der Waals surface area contributed by atoms with E-state index in [0.717, 1.165) is 11.5 Å². The number of carbonyl (C=O) groups is 3. The summed E-state index contributed by atoms with van der Waals surface area (Å²) in [6.45, 7) is 3.68. The molecule has 6 nitrogen and oxygen atoms in total. The van der Waals surface area contributed by atoms with E-state index in [0.29, 0.717) is 17.7 Å². The van der Waals surface area contributed by atoms with Crippen molar-refractivity contribution in [2.24, 2.45) is 10.9 Å². The number of Topliss-reactive ketones (excluding diaryl/α,β-unsaturated/α-hetero) is 1. The standard InChI is InChI=1S/C17H17NO5/c1-3-22-17(21)12-8-11-13(18-16(12)20)6-10(7-14(11)19)15-5-4-9(2)23-15/h4-5,8,10,12H,3,6-7H2,1-2H3. The number of hydrogen-bond donors (Lipinski definition) is 0. The molecule has 0 radical (unpaired) electrons.